The number of nitrogens with zero attached hydrogens (tertiary/aromatic N) is 4. The van der Waals surface area contributed by atoms with Crippen LogP contribution >= 0.6 is 0 Å². The largest absolute Gasteiger partial charge is 0.418 e. The molecular weight excluding hydrogens is 426 g/mol. The van der Waals surface area contributed by atoms with Crippen LogP contribution in [0, 0.1) is 5.82 Å². The standard InChI is InChI=1S/C22H21F4N5O/c1-29-10-12-30(13-11-29)15-6-7-18(16(14-15)22(24,25)26)27-21(32)19-8-9-31(28-19)20-5-3-2-4-17(20)23/h2-9,14H,10-13H2,1H3,(H,27,32). The number of rotatable bonds is 4. The highest BCUT2D eigenvalue weighted by atomic mass is 19.4. The van der Waals surface area contributed by atoms with Gasteiger partial charge in [0.15, 0.2) is 5.69 Å². The van der Waals surface area contributed by atoms with E-state index in [9.17, 15) is 22.4 Å². The van der Waals surface area contributed by atoms with Crippen LogP contribution in [0.1, 0.15) is 16.1 Å². The van der Waals surface area contributed by atoms with Crippen molar-refractivity contribution in [2.75, 3.05) is 43.4 Å². The molecule has 1 aromatic heterocycles. The number of anilines is 2. The Labute approximate surface area is 182 Å². The van der Waals surface area contributed by atoms with Crippen molar-refractivity contribution in [2.45, 2.75) is 6.18 Å². The highest BCUT2D eigenvalue weighted by Gasteiger charge is 2.35. The number of nitrogens with one attached hydrogen (secondary N) is 1. The molecule has 168 valence electrons. The molecule has 0 saturated carbocycles. The second-order valence-corrected chi connectivity index (χ2v) is 7.57. The summed E-state index contributed by atoms with van der Waals surface area (Å²) in [5, 5.41) is 6.29. The van der Waals surface area contributed by atoms with Gasteiger partial charge in [-0.15, -0.1) is 0 Å². The topological polar surface area (TPSA) is 53.4 Å². The summed E-state index contributed by atoms with van der Waals surface area (Å²) in [5.74, 6) is -1.36. The van der Waals surface area contributed by atoms with Crippen molar-refractivity contribution in [1.82, 2.24) is 14.7 Å². The number of halogens is 4. The van der Waals surface area contributed by atoms with Crippen molar-refractivity contribution in [1.29, 1.82) is 0 Å². The van der Waals surface area contributed by atoms with E-state index >= 15 is 0 Å². The van der Waals surface area contributed by atoms with E-state index in [1.165, 1.54) is 36.5 Å². The number of hydrogen-bond acceptors (Lipinski definition) is 4. The predicted octanol–water partition coefficient (Wildman–Crippen LogP) is 4.03. The van der Waals surface area contributed by atoms with Gasteiger partial charge in [0.25, 0.3) is 5.91 Å². The summed E-state index contributed by atoms with van der Waals surface area (Å²) in [5.41, 5.74) is -0.854. The van der Waals surface area contributed by atoms with Crippen molar-refractivity contribution in [2.24, 2.45) is 0 Å². The van der Waals surface area contributed by atoms with Gasteiger partial charge in [-0.2, -0.15) is 18.3 Å². The minimum absolute atomic E-state index is 0.124. The van der Waals surface area contributed by atoms with Crippen LogP contribution in [-0.4, -0.2) is 53.8 Å². The van der Waals surface area contributed by atoms with Crippen LogP contribution < -0.4 is 10.2 Å². The van der Waals surface area contributed by atoms with Gasteiger partial charge in [-0.1, -0.05) is 12.1 Å². The molecule has 0 atom stereocenters. The van der Waals surface area contributed by atoms with E-state index in [0.29, 0.717) is 18.8 Å². The number of carbonyl (C=O) groups is 1. The summed E-state index contributed by atoms with van der Waals surface area (Å²) in [6, 6.07) is 11.0. The fourth-order valence-electron chi connectivity index (χ4n) is 3.54. The molecule has 4 rings (SSSR count). The molecule has 2 heterocycles. The van der Waals surface area contributed by atoms with Gasteiger partial charge in [0.05, 0.1) is 11.3 Å². The first-order chi connectivity index (χ1) is 15.2. The third kappa shape index (κ3) is 4.59. The number of aromatic nitrogens is 2. The molecule has 1 aliphatic rings. The normalized spacial score (nSPS) is 15.1. The molecule has 10 heteroatoms. The number of hydrogen-bond donors (Lipinski definition) is 1. The van der Waals surface area contributed by atoms with Crippen molar-refractivity contribution in [3.8, 4) is 5.69 Å². The number of alkyl halides is 3. The first kappa shape index (κ1) is 21.8. The predicted molar refractivity (Wildman–Crippen MR) is 113 cm³/mol. The van der Waals surface area contributed by atoms with E-state index in [1.54, 1.807) is 12.1 Å². The zero-order valence-electron chi connectivity index (χ0n) is 17.2. The Morgan fingerprint density at radius 3 is 2.44 bits per heavy atom. The Bertz CT molecular complexity index is 1120. The van der Waals surface area contributed by atoms with Gasteiger partial charge in [-0.25, -0.2) is 9.07 Å². The molecule has 6 nitrogen and oxygen atoms in total. The lowest BCUT2D eigenvalue weighted by atomic mass is 10.1. The minimum atomic E-state index is -4.66. The minimum Gasteiger partial charge on any atom is -0.369 e. The van der Waals surface area contributed by atoms with Crippen molar-refractivity contribution < 1.29 is 22.4 Å². The number of para-hydroxylation sites is 1. The molecule has 1 fully saturated rings. The van der Waals surface area contributed by atoms with Crippen molar-refractivity contribution >= 4 is 17.3 Å². The zero-order valence-corrected chi connectivity index (χ0v) is 17.2. The fraction of sp³-hybridized carbons (Fsp3) is 0.273. The van der Waals surface area contributed by atoms with Gasteiger partial charge in [-0.3, -0.25) is 4.79 Å². The molecule has 0 bridgehead atoms. The Morgan fingerprint density at radius 1 is 1.03 bits per heavy atom. The Kier molecular flexibility index (Phi) is 5.88. The van der Waals surface area contributed by atoms with Gasteiger partial charge in [0.2, 0.25) is 0 Å². The molecule has 1 N–H and O–H groups in total. The van der Waals surface area contributed by atoms with Crippen LogP contribution in [0.15, 0.2) is 54.7 Å². The van der Waals surface area contributed by atoms with E-state index in [2.05, 4.69) is 15.3 Å². The fourth-order valence-corrected chi connectivity index (χ4v) is 3.54. The maximum Gasteiger partial charge on any atom is 0.418 e. The molecule has 0 aliphatic carbocycles. The summed E-state index contributed by atoms with van der Waals surface area (Å²) in [7, 11) is 1.96. The molecule has 1 aliphatic heterocycles. The average Bonchev–Trinajstić information content (AvgIpc) is 3.24. The van der Waals surface area contributed by atoms with E-state index in [4.69, 9.17) is 0 Å². The van der Waals surface area contributed by atoms with Gasteiger partial charge < -0.3 is 15.1 Å². The van der Waals surface area contributed by atoms with Crippen molar-refractivity contribution in [3.05, 3.63) is 71.8 Å². The number of piperazine rings is 1. The second-order valence-electron chi connectivity index (χ2n) is 7.57. The lowest BCUT2D eigenvalue weighted by Crippen LogP contribution is -2.44. The molecule has 0 radical (unpaired) electrons. The summed E-state index contributed by atoms with van der Waals surface area (Å²) in [6.07, 6.45) is -3.29. The number of carbonyl (C=O) groups excluding carboxylic acids is 1. The van der Waals surface area contributed by atoms with E-state index < -0.39 is 23.5 Å². The summed E-state index contributed by atoms with van der Waals surface area (Å²) in [4.78, 5) is 16.6. The van der Waals surface area contributed by atoms with Crippen LogP contribution in [0.2, 0.25) is 0 Å². The second kappa shape index (κ2) is 8.62. The molecule has 32 heavy (non-hydrogen) atoms. The van der Waals surface area contributed by atoms with Gasteiger partial charge >= 0.3 is 6.18 Å². The smallest absolute Gasteiger partial charge is 0.369 e. The number of amides is 1. The molecule has 0 unspecified atom stereocenters. The van der Waals surface area contributed by atoms with E-state index in [-0.39, 0.29) is 17.1 Å². The van der Waals surface area contributed by atoms with Gasteiger partial charge in [-0.05, 0) is 43.4 Å². The molecule has 1 amide bonds. The Balaban J connectivity index is 1.57. The highest BCUT2D eigenvalue weighted by Crippen LogP contribution is 2.37. The van der Waals surface area contributed by atoms with Crippen LogP contribution in [-0.2, 0) is 6.18 Å². The van der Waals surface area contributed by atoms with E-state index in [1.807, 2.05) is 11.9 Å². The third-order valence-corrected chi connectivity index (χ3v) is 5.35. The average molecular weight is 447 g/mol. The van der Waals surface area contributed by atoms with Gasteiger partial charge in [0.1, 0.15) is 11.5 Å². The third-order valence-electron chi connectivity index (χ3n) is 5.35. The lowest BCUT2D eigenvalue weighted by Gasteiger charge is -2.34. The summed E-state index contributed by atoms with van der Waals surface area (Å²) < 4.78 is 56.3. The molecule has 0 spiro atoms. The SMILES string of the molecule is CN1CCN(c2ccc(NC(=O)c3ccn(-c4ccccc4F)n3)c(C(F)(F)F)c2)CC1. The van der Waals surface area contributed by atoms with Crippen LogP contribution in [0.3, 0.4) is 0 Å². The maximum atomic E-state index is 13.9. The van der Waals surface area contributed by atoms with Crippen LogP contribution in [0.25, 0.3) is 5.69 Å². The monoisotopic (exact) mass is 447 g/mol. The molecular formula is C22H21F4N5O. The zero-order chi connectivity index (χ0) is 22.9. The number of likely N-dealkylation sites (N-methyl/N-ethyl adjacent to an activating group) is 1. The molecule has 2 aromatic carbocycles. The first-order valence-corrected chi connectivity index (χ1v) is 9.99. The maximum absolute atomic E-state index is 13.9. The van der Waals surface area contributed by atoms with Crippen LogP contribution in [0.4, 0.5) is 28.9 Å². The lowest BCUT2D eigenvalue weighted by molar-refractivity contribution is -0.136. The Hall–Kier alpha value is -3.40. The Morgan fingerprint density at radius 2 is 1.75 bits per heavy atom. The van der Waals surface area contributed by atoms with Crippen molar-refractivity contribution in [3.63, 3.8) is 0 Å². The first-order valence-electron chi connectivity index (χ1n) is 9.99. The quantitative estimate of drug-likeness (QED) is 0.614. The highest BCUT2D eigenvalue weighted by molar-refractivity contribution is 6.03. The molecule has 1 saturated heterocycles. The molecule has 3 aromatic rings. The van der Waals surface area contributed by atoms with Gasteiger partial charge in [0, 0.05) is 38.1 Å². The summed E-state index contributed by atoms with van der Waals surface area (Å²) >= 11 is 0. The van der Waals surface area contributed by atoms with E-state index in [0.717, 1.165) is 23.8 Å². The van der Waals surface area contributed by atoms with Crippen LogP contribution in [0.5, 0.6) is 0 Å². The number of benzene rings is 2. The summed E-state index contributed by atoms with van der Waals surface area (Å²) in [6.45, 7) is 2.75.